The lowest BCUT2D eigenvalue weighted by molar-refractivity contribution is -0.161. The van der Waals surface area contributed by atoms with E-state index in [4.69, 9.17) is 37.0 Å². The first kappa shape index (κ1) is 84.1. The first-order valence-electron chi connectivity index (χ1n) is 35.1. The fourth-order valence-electron chi connectivity index (χ4n) is 10.1. The summed E-state index contributed by atoms with van der Waals surface area (Å²) in [4.78, 5) is 72.4. The minimum atomic E-state index is -4.95. The Bertz CT molecular complexity index is 1670. The third-order valence-corrected chi connectivity index (χ3v) is 17.4. The predicted molar refractivity (Wildman–Crippen MR) is 345 cm³/mol. The summed E-state index contributed by atoms with van der Waals surface area (Å²) in [6.07, 6.45) is 45.7. The highest BCUT2D eigenvalue weighted by Crippen LogP contribution is 2.45. The van der Waals surface area contributed by atoms with Crippen LogP contribution in [0.4, 0.5) is 0 Å². The normalized spacial score (nSPS) is 14.2. The molecule has 17 nitrogen and oxygen atoms in total. The Hall–Kier alpha value is -1.94. The lowest BCUT2D eigenvalue weighted by atomic mass is 10.0. The number of hydrogen-bond donors (Lipinski definition) is 3. The molecule has 3 N–H and O–H groups in total. The summed E-state index contributed by atoms with van der Waals surface area (Å²) in [7, 11) is -9.89. The molecule has 510 valence electrons. The van der Waals surface area contributed by atoms with Crippen molar-refractivity contribution >= 4 is 39.5 Å². The molecule has 0 rings (SSSR count). The maximum atomic E-state index is 13.0. The van der Waals surface area contributed by atoms with Crippen molar-refractivity contribution in [2.75, 3.05) is 39.6 Å². The number of aliphatic hydroxyl groups excluding tert-OH is 1. The van der Waals surface area contributed by atoms with Crippen LogP contribution < -0.4 is 0 Å². The van der Waals surface area contributed by atoms with Crippen LogP contribution in [0.2, 0.25) is 0 Å². The average molecular weight is 1270 g/mol. The van der Waals surface area contributed by atoms with Gasteiger partial charge in [0.2, 0.25) is 0 Å². The van der Waals surface area contributed by atoms with Gasteiger partial charge in [-0.1, -0.05) is 291 Å². The zero-order valence-electron chi connectivity index (χ0n) is 55.4. The summed E-state index contributed by atoms with van der Waals surface area (Å²) >= 11 is 0. The Morgan fingerprint density at radius 3 is 0.791 bits per heavy atom. The van der Waals surface area contributed by atoms with E-state index < -0.39 is 97.5 Å². The molecule has 19 heteroatoms. The zero-order chi connectivity index (χ0) is 63.5. The van der Waals surface area contributed by atoms with Crippen LogP contribution >= 0.6 is 15.6 Å². The molecule has 0 heterocycles. The molecule has 0 amide bonds. The van der Waals surface area contributed by atoms with Gasteiger partial charge in [0, 0.05) is 25.7 Å². The smallest absolute Gasteiger partial charge is 0.462 e. The quantitative estimate of drug-likeness (QED) is 0.0222. The summed E-state index contributed by atoms with van der Waals surface area (Å²) in [5.74, 6) is -1.40. The zero-order valence-corrected chi connectivity index (χ0v) is 57.2. The molecule has 5 atom stereocenters. The maximum Gasteiger partial charge on any atom is 0.472 e. The monoisotopic (exact) mass is 1270 g/mol. The molecule has 0 fully saturated rings. The number of phosphoric ester groups is 2. The number of aliphatic hydroxyl groups is 1. The van der Waals surface area contributed by atoms with Crippen molar-refractivity contribution < 1.29 is 80.2 Å². The molecule has 2 unspecified atom stereocenters. The minimum absolute atomic E-state index is 0.107. The Morgan fingerprint density at radius 2 is 0.535 bits per heavy atom. The number of unbranched alkanes of at least 4 members (excludes halogenated alkanes) is 39. The van der Waals surface area contributed by atoms with Crippen LogP contribution in [0.5, 0.6) is 0 Å². The number of hydrogen-bond acceptors (Lipinski definition) is 15. The van der Waals surface area contributed by atoms with Crippen molar-refractivity contribution in [3.05, 3.63) is 0 Å². The lowest BCUT2D eigenvalue weighted by Gasteiger charge is -2.21. The Balaban J connectivity index is 5.24. The maximum absolute atomic E-state index is 13.0. The van der Waals surface area contributed by atoms with Gasteiger partial charge in [-0.3, -0.25) is 37.3 Å². The van der Waals surface area contributed by atoms with Gasteiger partial charge in [0.05, 0.1) is 26.4 Å². The van der Waals surface area contributed by atoms with E-state index in [2.05, 4.69) is 34.6 Å². The van der Waals surface area contributed by atoms with Gasteiger partial charge < -0.3 is 33.8 Å². The van der Waals surface area contributed by atoms with Crippen LogP contribution in [0, 0.1) is 5.92 Å². The predicted octanol–water partition coefficient (Wildman–Crippen LogP) is 19.0. The van der Waals surface area contributed by atoms with E-state index >= 15 is 0 Å². The van der Waals surface area contributed by atoms with Gasteiger partial charge in [-0.2, -0.15) is 0 Å². The molecule has 0 spiro atoms. The van der Waals surface area contributed by atoms with Crippen molar-refractivity contribution in [2.45, 2.75) is 361 Å². The fraction of sp³-hybridized carbons (Fsp3) is 0.940. The first-order valence-corrected chi connectivity index (χ1v) is 38.1. The third kappa shape index (κ3) is 60.9. The standard InChI is InChI=1S/C67H130O17P2/c1-6-9-12-15-18-21-24-25-26-28-31-38-43-48-53-67(72)84-63(57-78-65(70)51-46-41-36-33-32-34-39-44-49-60(4)5)59-82-86(75,76)80-55-61(68)54-79-85(73,74)81-58-62(56-77-64(69)50-45-40-35-29-23-20-17-14-11-8-3)83-66(71)52-47-42-37-30-27-22-19-16-13-10-7-2/h60-63,68H,6-59H2,1-5H3,(H,73,74)(H,75,76)/t61-,62+,63+/m0/s1. The summed E-state index contributed by atoms with van der Waals surface area (Å²) in [6.45, 7) is 7.18. The van der Waals surface area contributed by atoms with E-state index in [9.17, 15) is 43.2 Å². The van der Waals surface area contributed by atoms with Gasteiger partial charge >= 0.3 is 39.5 Å². The van der Waals surface area contributed by atoms with Crippen LogP contribution in [-0.2, 0) is 65.4 Å². The average Bonchev–Trinajstić information content (AvgIpc) is 3.69. The molecular formula is C67H130O17P2. The van der Waals surface area contributed by atoms with Crippen LogP contribution in [0.3, 0.4) is 0 Å². The van der Waals surface area contributed by atoms with E-state index in [0.717, 1.165) is 95.8 Å². The second kappa shape index (κ2) is 60.6. The minimum Gasteiger partial charge on any atom is -0.462 e. The number of carbonyl (C=O) groups is 4. The number of esters is 4. The Morgan fingerprint density at radius 1 is 0.314 bits per heavy atom. The summed E-state index contributed by atoms with van der Waals surface area (Å²) in [5.41, 5.74) is 0. The highest BCUT2D eigenvalue weighted by molar-refractivity contribution is 7.47. The molecule has 0 aromatic rings. The van der Waals surface area contributed by atoms with Gasteiger partial charge in [-0.05, 0) is 31.6 Å². The molecule has 86 heavy (non-hydrogen) atoms. The Labute approximate surface area is 524 Å². The topological polar surface area (TPSA) is 237 Å². The molecule has 0 aliphatic carbocycles. The van der Waals surface area contributed by atoms with Crippen LogP contribution in [-0.4, -0.2) is 96.7 Å². The number of rotatable bonds is 67. The molecule has 0 aliphatic rings. The van der Waals surface area contributed by atoms with Gasteiger partial charge in [0.15, 0.2) is 12.2 Å². The molecule has 0 aromatic heterocycles. The highest BCUT2D eigenvalue weighted by Gasteiger charge is 2.30. The molecule has 0 aliphatic heterocycles. The third-order valence-electron chi connectivity index (χ3n) is 15.5. The van der Waals surface area contributed by atoms with E-state index in [1.165, 1.54) is 167 Å². The molecular weight excluding hydrogens is 1140 g/mol. The second-order valence-corrected chi connectivity index (χ2v) is 27.6. The van der Waals surface area contributed by atoms with Crippen LogP contribution in [0.1, 0.15) is 343 Å². The summed E-state index contributed by atoms with van der Waals surface area (Å²) < 4.78 is 68.1. The fourth-order valence-corrected chi connectivity index (χ4v) is 11.7. The van der Waals surface area contributed by atoms with Crippen molar-refractivity contribution in [1.82, 2.24) is 0 Å². The van der Waals surface area contributed by atoms with Gasteiger partial charge in [0.25, 0.3) is 0 Å². The second-order valence-electron chi connectivity index (χ2n) is 24.7. The number of carbonyl (C=O) groups excluding carboxylic acids is 4. The molecule has 0 aromatic carbocycles. The van der Waals surface area contributed by atoms with Crippen LogP contribution in [0.25, 0.3) is 0 Å². The molecule has 0 saturated heterocycles. The van der Waals surface area contributed by atoms with Gasteiger partial charge in [0.1, 0.15) is 19.3 Å². The highest BCUT2D eigenvalue weighted by atomic mass is 31.2. The SMILES string of the molecule is CCCCCCCCCCCCCCCCC(=O)O[C@H](COC(=O)CCCCCCCCCCC(C)C)COP(=O)(O)OC[C@@H](O)COP(=O)(O)OC[C@@H](COC(=O)CCCCCCCCCCCC)OC(=O)CCCCCCCCCCCCC. The van der Waals surface area contributed by atoms with Crippen molar-refractivity contribution in [1.29, 1.82) is 0 Å². The Kier molecular flexibility index (Phi) is 59.2. The number of ether oxygens (including phenoxy) is 4. The molecule has 0 bridgehead atoms. The van der Waals surface area contributed by atoms with Crippen molar-refractivity contribution in [2.24, 2.45) is 5.92 Å². The van der Waals surface area contributed by atoms with Gasteiger partial charge in [-0.15, -0.1) is 0 Å². The summed E-state index contributed by atoms with van der Waals surface area (Å²) in [6, 6.07) is 0. The van der Waals surface area contributed by atoms with E-state index in [0.29, 0.717) is 25.7 Å². The largest absolute Gasteiger partial charge is 0.472 e. The molecule has 0 radical (unpaired) electrons. The summed E-state index contributed by atoms with van der Waals surface area (Å²) in [5, 5.41) is 10.6. The first-order chi connectivity index (χ1) is 41.5. The van der Waals surface area contributed by atoms with E-state index in [-0.39, 0.29) is 25.7 Å². The molecule has 0 saturated carbocycles. The van der Waals surface area contributed by atoms with Crippen molar-refractivity contribution in [3.8, 4) is 0 Å². The van der Waals surface area contributed by atoms with E-state index in [1.807, 2.05) is 0 Å². The number of phosphoric acid groups is 2. The lowest BCUT2D eigenvalue weighted by Crippen LogP contribution is -2.30. The van der Waals surface area contributed by atoms with Crippen LogP contribution in [0.15, 0.2) is 0 Å². The van der Waals surface area contributed by atoms with Gasteiger partial charge in [-0.25, -0.2) is 9.13 Å². The van der Waals surface area contributed by atoms with E-state index in [1.54, 1.807) is 0 Å². The van der Waals surface area contributed by atoms with Crippen molar-refractivity contribution in [3.63, 3.8) is 0 Å².